The zero-order valence-electron chi connectivity index (χ0n) is 14.2. The molecule has 26 heavy (non-hydrogen) atoms. The molecule has 0 aliphatic rings. The predicted molar refractivity (Wildman–Crippen MR) is 97.9 cm³/mol. The Morgan fingerprint density at radius 1 is 1.15 bits per heavy atom. The molecule has 3 aromatic rings. The number of Topliss-reactive ketones (excluding diaryl/α,β-unsaturated/α-hetero) is 1. The second kappa shape index (κ2) is 7.92. The number of benzene rings is 1. The highest BCUT2D eigenvalue weighted by Gasteiger charge is 2.20. The topological polar surface area (TPSA) is 98.0 Å². The van der Waals surface area contributed by atoms with Crippen molar-refractivity contribution in [3.8, 4) is 11.5 Å². The number of thioether (sulfide) groups is 1. The fourth-order valence-electron chi connectivity index (χ4n) is 2.20. The molecule has 0 spiro atoms. The standard InChI is InChI=1S/C18H16N4O3S/c1-11(23)14-7-3-4-8-15(14)20-16(24)12(2)26-18-22-21-17(25-18)13-6-5-9-19-10-13/h3-10,12H,1-2H3,(H,20,24)/t12-/m1/s1. The van der Waals surface area contributed by atoms with Gasteiger partial charge in [-0.1, -0.05) is 23.9 Å². The fraction of sp³-hybridized carbons (Fsp3) is 0.167. The van der Waals surface area contributed by atoms with E-state index in [1.165, 1.54) is 6.92 Å². The Hall–Kier alpha value is -3.00. The third kappa shape index (κ3) is 4.15. The van der Waals surface area contributed by atoms with Gasteiger partial charge in [-0.2, -0.15) is 0 Å². The predicted octanol–water partition coefficient (Wildman–Crippen LogP) is 3.45. The number of anilines is 1. The van der Waals surface area contributed by atoms with Crippen molar-refractivity contribution in [3.05, 3.63) is 54.4 Å². The highest BCUT2D eigenvalue weighted by Crippen LogP contribution is 2.26. The van der Waals surface area contributed by atoms with Crippen molar-refractivity contribution in [1.82, 2.24) is 15.2 Å². The van der Waals surface area contributed by atoms with Crippen molar-refractivity contribution in [2.45, 2.75) is 24.3 Å². The van der Waals surface area contributed by atoms with E-state index in [0.29, 0.717) is 22.7 Å². The summed E-state index contributed by atoms with van der Waals surface area (Å²) in [5.41, 5.74) is 1.66. The number of hydrogen-bond donors (Lipinski definition) is 1. The molecule has 0 fully saturated rings. The van der Waals surface area contributed by atoms with Gasteiger partial charge in [-0.25, -0.2) is 0 Å². The highest BCUT2D eigenvalue weighted by atomic mass is 32.2. The van der Waals surface area contributed by atoms with E-state index in [2.05, 4.69) is 20.5 Å². The van der Waals surface area contributed by atoms with Gasteiger partial charge in [0.1, 0.15) is 0 Å². The van der Waals surface area contributed by atoms with Crippen LogP contribution in [0, 0.1) is 0 Å². The Balaban J connectivity index is 1.67. The number of carbonyl (C=O) groups is 2. The molecule has 3 rings (SSSR count). The SMILES string of the molecule is CC(=O)c1ccccc1NC(=O)[C@@H](C)Sc1nnc(-c2cccnc2)o1. The van der Waals surface area contributed by atoms with E-state index in [9.17, 15) is 9.59 Å². The third-order valence-electron chi connectivity index (χ3n) is 3.53. The van der Waals surface area contributed by atoms with Crippen molar-refractivity contribution in [3.63, 3.8) is 0 Å². The number of rotatable bonds is 6. The first-order valence-corrected chi connectivity index (χ1v) is 8.74. The van der Waals surface area contributed by atoms with Crippen LogP contribution < -0.4 is 5.32 Å². The van der Waals surface area contributed by atoms with E-state index < -0.39 is 5.25 Å². The molecule has 7 nitrogen and oxygen atoms in total. The molecule has 0 aliphatic heterocycles. The summed E-state index contributed by atoms with van der Waals surface area (Å²) in [5.74, 6) is -0.0285. The van der Waals surface area contributed by atoms with Gasteiger partial charge in [-0.05, 0) is 38.1 Å². The quantitative estimate of drug-likeness (QED) is 0.525. The minimum absolute atomic E-state index is 0.112. The summed E-state index contributed by atoms with van der Waals surface area (Å²) in [5, 5.41) is 10.5. The van der Waals surface area contributed by atoms with Crippen LogP contribution in [-0.2, 0) is 4.79 Å². The molecule has 0 unspecified atom stereocenters. The molecule has 1 N–H and O–H groups in total. The highest BCUT2D eigenvalue weighted by molar-refractivity contribution is 8.00. The summed E-state index contributed by atoms with van der Waals surface area (Å²) in [4.78, 5) is 28.1. The average Bonchev–Trinajstić information content (AvgIpc) is 3.11. The smallest absolute Gasteiger partial charge is 0.277 e. The number of nitrogens with zero attached hydrogens (tertiary/aromatic N) is 3. The average molecular weight is 368 g/mol. The van der Waals surface area contributed by atoms with Crippen molar-refractivity contribution < 1.29 is 14.0 Å². The van der Waals surface area contributed by atoms with Gasteiger partial charge in [-0.15, -0.1) is 10.2 Å². The van der Waals surface area contributed by atoms with Crippen molar-refractivity contribution in [1.29, 1.82) is 0 Å². The first-order chi connectivity index (χ1) is 12.5. The largest absolute Gasteiger partial charge is 0.411 e. The molecule has 1 amide bonds. The lowest BCUT2D eigenvalue weighted by molar-refractivity contribution is -0.115. The zero-order chi connectivity index (χ0) is 18.5. The van der Waals surface area contributed by atoms with Gasteiger partial charge >= 0.3 is 0 Å². The Morgan fingerprint density at radius 3 is 2.69 bits per heavy atom. The van der Waals surface area contributed by atoms with Crippen molar-refractivity contribution in [2.75, 3.05) is 5.32 Å². The number of nitrogens with one attached hydrogen (secondary N) is 1. The lowest BCUT2D eigenvalue weighted by Gasteiger charge is -2.12. The number of ketones is 1. The van der Waals surface area contributed by atoms with E-state index in [4.69, 9.17) is 4.42 Å². The number of para-hydroxylation sites is 1. The molecular formula is C18H16N4O3S. The van der Waals surface area contributed by atoms with Crippen LogP contribution in [0.25, 0.3) is 11.5 Å². The van der Waals surface area contributed by atoms with Crippen LogP contribution in [0.5, 0.6) is 0 Å². The number of carbonyl (C=O) groups excluding carboxylic acids is 2. The van der Waals surface area contributed by atoms with Gasteiger partial charge < -0.3 is 9.73 Å². The minimum atomic E-state index is -0.489. The van der Waals surface area contributed by atoms with Crippen LogP contribution in [0.1, 0.15) is 24.2 Å². The number of pyridine rings is 1. The minimum Gasteiger partial charge on any atom is -0.411 e. The van der Waals surface area contributed by atoms with Crippen LogP contribution in [0.4, 0.5) is 5.69 Å². The molecule has 0 saturated carbocycles. The maximum Gasteiger partial charge on any atom is 0.277 e. The van der Waals surface area contributed by atoms with Crippen molar-refractivity contribution >= 4 is 29.1 Å². The molecule has 2 aromatic heterocycles. The summed E-state index contributed by atoms with van der Waals surface area (Å²) in [6, 6.07) is 10.5. The maximum absolute atomic E-state index is 12.4. The monoisotopic (exact) mass is 368 g/mol. The van der Waals surface area contributed by atoms with Crippen LogP contribution in [0.3, 0.4) is 0 Å². The van der Waals surface area contributed by atoms with Gasteiger partial charge in [0.15, 0.2) is 5.78 Å². The molecule has 0 saturated heterocycles. The second-order valence-electron chi connectivity index (χ2n) is 5.47. The molecule has 0 radical (unpaired) electrons. The van der Waals surface area contributed by atoms with Gasteiger partial charge in [0.05, 0.1) is 16.5 Å². The summed E-state index contributed by atoms with van der Waals surface area (Å²) in [7, 11) is 0. The molecule has 0 aliphatic carbocycles. The van der Waals surface area contributed by atoms with Gasteiger partial charge in [0.2, 0.25) is 11.8 Å². The maximum atomic E-state index is 12.4. The van der Waals surface area contributed by atoms with Crippen LogP contribution >= 0.6 is 11.8 Å². The number of hydrogen-bond acceptors (Lipinski definition) is 7. The Labute approximate surface area is 154 Å². The second-order valence-corrected chi connectivity index (χ2v) is 6.76. The van der Waals surface area contributed by atoms with Crippen LogP contribution in [0.15, 0.2) is 58.4 Å². The summed E-state index contributed by atoms with van der Waals surface area (Å²) >= 11 is 1.14. The normalized spacial score (nSPS) is 11.8. The first kappa shape index (κ1) is 17.8. The van der Waals surface area contributed by atoms with Gasteiger partial charge in [0.25, 0.3) is 5.22 Å². The lowest BCUT2D eigenvalue weighted by atomic mass is 10.1. The zero-order valence-corrected chi connectivity index (χ0v) is 15.0. The van der Waals surface area contributed by atoms with Crippen LogP contribution in [-0.4, -0.2) is 32.1 Å². The summed E-state index contributed by atoms with van der Waals surface area (Å²) < 4.78 is 5.57. The molecule has 0 bridgehead atoms. The van der Waals surface area contributed by atoms with Crippen molar-refractivity contribution in [2.24, 2.45) is 0 Å². The van der Waals surface area contributed by atoms with E-state index >= 15 is 0 Å². The van der Waals surface area contributed by atoms with E-state index in [0.717, 1.165) is 11.8 Å². The van der Waals surface area contributed by atoms with Crippen LogP contribution in [0.2, 0.25) is 0 Å². The van der Waals surface area contributed by atoms with E-state index in [1.807, 2.05) is 6.07 Å². The van der Waals surface area contributed by atoms with Gasteiger partial charge in [-0.3, -0.25) is 14.6 Å². The first-order valence-electron chi connectivity index (χ1n) is 7.86. The van der Waals surface area contributed by atoms with E-state index in [1.54, 1.807) is 49.6 Å². The van der Waals surface area contributed by atoms with Gasteiger partial charge in [0, 0.05) is 18.0 Å². The Bertz CT molecular complexity index is 927. The Kier molecular flexibility index (Phi) is 5.43. The number of aromatic nitrogens is 3. The molecular weight excluding hydrogens is 352 g/mol. The molecule has 8 heteroatoms. The lowest BCUT2D eigenvalue weighted by Crippen LogP contribution is -2.23. The third-order valence-corrected chi connectivity index (χ3v) is 4.46. The fourth-order valence-corrected chi connectivity index (χ4v) is 2.88. The molecule has 1 atom stereocenters. The Morgan fingerprint density at radius 2 is 1.96 bits per heavy atom. The number of amides is 1. The molecule has 2 heterocycles. The molecule has 132 valence electrons. The summed E-state index contributed by atoms with van der Waals surface area (Å²) in [6.45, 7) is 3.19. The van der Waals surface area contributed by atoms with E-state index in [-0.39, 0.29) is 16.9 Å². The molecule has 1 aromatic carbocycles. The summed E-state index contributed by atoms with van der Waals surface area (Å²) in [6.07, 6.45) is 3.28.